The number of aryl methyl sites for hydroxylation is 2. The fourth-order valence-corrected chi connectivity index (χ4v) is 2.70. The van der Waals surface area contributed by atoms with Gasteiger partial charge in [-0.15, -0.1) is 0 Å². The Balaban J connectivity index is 1.89. The summed E-state index contributed by atoms with van der Waals surface area (Å²) in [6.45, 7) is 7.00. The molecule has 4 heteroatoms. The second-order valence-electron chi connectivity index (χ2n) is 5.21. The standard InChI is InChI=1S/C14H23N3O/c1-3-17-13(8-11(2)16-17)10-14(18)9-12-4-6-15-7-5-12/h8,12,15H,3-7,9-10H2,1-2H3. The Morgan fingerprint density at radius 2 is 2.22 bits per heavy atom. The lowest BCUT2D eigenvalue weighted by atomic mass is 9.91. The number of hydrogen-bond donors (Lipinski definition) is 1. The Morgan fingerprint density at radius 1 is 1.50 bits per heavy atom. The van der Waals surface area contributed by atoms with Crippen LogP contribution in [0, 0.1) is 12.8 Å². The van der Waals surface area contributed by atoms with E-state index in [0.717, 1.165) is 50.3 Å². The lowest BCUT2D eigenvalue weighted by molar-refractivity contribution is -0.119. The van der Waals surface area contributed by atoms with E-state index in [1.54, 1.807) is 0 Å². The van der Waals surface area contributed by atoms with Crippen molar-refractivity contribution in [2.45, 2.75) is 46.1 Å². The van der Waals surface area contributed by atoms with E-state index >= 15 is 0 Å². The largest absolute Gasteiger partial charge is 0.317 e. The molecular formula is C14H23N3O. The van der Waals surface area contributed by atoms with Crippen molar-refractivity contribution in [3.05, 3.63) is 17.5 Å². The molecule has 1 aliphatic rings. The molecule has 1 N–H and O–H groups in total. The minimum absolute atomic E-state index is 0.358. The molecule has 0 aliphatic carbocycles. The number of hydrogen-bond acceptors (Lipinski definition) is 3. The fourth-order valence-electron chi connectivity index (χ4n) is 2.70. The van der Waals surface area contributed by atoms with E-state index in [9.17, 15) is 4.79 Å². The zero-order valence-electron chi connectivity index (χ0n) is 11.4. The van der Waals surface area contributed by atoms with Crippen LogP contribution in [0.2, 0.25) is 0 Å². The summed E-state index contributed by atoms with van der Waals surface area (Å²) in [4.78, 5) is 12.1. The minimum Gasteiger partial charge on any atom is -0.317 e. The van der Waals surface area contributed by atoms with E-state index in [1.165, 1.54) is 0 Å². The average Bonchev–Trinajstić information content (AvgIpc) is 2.70. The van der Waals surface area contributed by atoms with Crippen LogP contribution >= 0.6 is 0 Å². The van der Waals surface area contributed by atoms with Gasteiger partial charge in [-0.3, -0.25) is 9.48 Å². The van der Waals surface area contributed by atoms with Crippen molar-refractivity contribution in [2.24, 2.45) is 5.92 Å². The highest BCUT2D eigenvalue weighted by molar-refractivity contribution is 5.80. The van der Waals surface area contributed by atoms with E-state index in [-0.39, 0.29) is 0 Å². The highest BCUT2D eigenvalue weighted by Gasteiger charge is 2.18. The second kappa shape index (κ2) is 6.14. The van der Waals surface area contributed by atoms with Gasteiger partial charge in [-0.1, -0.05) is 0 Å². The molecule has 1 saturated heterocycles. The number of nitrogens with zero attached hydrogens (tertiary/aromatic N) is 2. The first-order valence-electron chi connectivity index (χ1n) is 6.94. The summed E-state index contributed by atoms with van der Waals surface area (Å²) in [5, 5.41) is 7.72. The van der Waals surface area contributed by atoms with Gasteiger partial charge in [0, 0.05) is 25.1 Å². The van der Waals surface area contributed by atoms with Gasteiger partial charge in [0.15, 0.2) is 0 Å². The van der Waals surface area contributed by atoms with Gasteiger partial charge in [-0.25, -0.2) is 0 Å². The Bertz CT molecular complexity index is 405. The number of carbonyl (C=O) groups excluding carboxylic acids is 1. The number of piperidine rings is 1. The van der Waals surface area contributed by atoms with Gasteiger partial charge < -0.3 is 5.32 Å². The van der Waals surface area contributed by atoms with Crippen LogP contribution in [0.5, 0.6) is 0 Å². The Labute approximate surface area is 109 Å². The van der Waals surface area contributed by atoms with Gasteiger partial charge in [-0.05, 0) is 51.8 Å². The predicted octanol–water partition coefficient (Wildman–Crippen LogP) is 1.71. The van der Waals surface area contributed by atoms with E-state index in [2.05, 4.69) is 17.3 Å². The van der Waals surface area contributed by atoms with Gasteiger partial charge in [-0.2, -0.15) is 5.10 Å². The maximum atomic E-state index is 12.1. The maximum absolute atomic E-state index is 12.1. The molecule has 0 amide bonds. The SMILES string of the molecule is CCn1nc(C)cc1CC(=O)CC1CCNCC1. The predicted molar refractivity (Wildman–Crippen MR) is 71.6 cm³/mol. The van der Waals surface area contributed by atoms with Crippen LogP contribution in [0.4, 0.5) is 0 Å². The van der Waals surface area contributed by atoms with Crippen molar-refractivity contribution in [2.75, 3.05) is 13.1 Å². The quantitative estimate of drug-likeness (QED) is 0.864. The fraction of sp³-hybridized carbons (Fsp3) is 0.714. The van der Waals surface area contributed by atoms with E-state index in [0.29, 0.717) is 18.1 Å². The highest BCUT2D eigenvalue weighted by Crippen LogP contribution is 2.17. The lowest BCUT2D eigenvalue weighted by Crippen LogP contribution is -2.29. The molecule has 18 heavy (non-hydrogen) atoms. The summed E-state index contributed by atoms with van der Waals surface area (Å²) < 4.78 is 1.94. The highest BCUT2D eigenvalue weighted by atomic mass is 16.1. The molecule has 1 aromatic heterocycles. The molecule has 100 valence electrons. The molecule has 0 aromatic carbocycles. The first-order valence-corrected chi connectivity index (χ1v) is 6.94. The van der Waals surface area contributed by atoms with Gasteiger partial charge in [0.2, 0.25) is 0 Å². The molecule has 0 spiro atoms. The Hall–Kier alpha value is -1.16. The van der Waals surface area contributed by atoms with Crippen LogP contribution in [-0.2, 0) is 17.8 Å². The Morgan fingerprint density at radius 3 is 2.89 bits per heavy atom. The van der Waals surface area contributed by atoms with E-state index in [4.69, 9.17) is 0 Å². The molecule has 0 saturated carbocycles. The molecule has 0 radical (unpaired) electrons. The number of nitrogens with one attached hydrogen (secondary N) is 1. The molecule has 2 heterocycles. The third-order valence-corrected chi connectivity index (χ3v) is 3.64. The van der Waals surface area contributed by atoms with Crippen LogP contribution in [0.3, 0.4) is 0 Å². The Kier molecular flexibility index (Phi) is 4.53. The topological polar surface area (TPSA) is 46.9 Å². The molecule has 0 bridgehead atoms. The number of rotatable bonds is 5. The van der Waals surface area contributed by atoms with Crippen LogP contribution in [-0.4, -0.2) is 28.7 Å². The smallest absolute Gasteiger partial charge is 0.139 e. The number of aromatic nitrogens is 2. The van der Waals surface area contributed by atoms with Crippen molar-refractivity contribution >= 4 is 5.78 Å². The molecule has 4 nitrogen and oxygen atoms in total. The van der Waals surface area contributed by atoms with Crippen molar-refractivity contribution in [3.63, 3.8) is 0 Å². The summed E-state index contributed by atoms with van der Waals surface area (Å²) in [6, 6.07) is 2.03. The third-order valence-electron chi connectivity index (χ3n) is 3.64. The lowest BCUT2D eigenvalue weighted by Gasteiger charge is -2.21. The first kappa shape index (κ1) is 13.3. The molecule has 0 atom stereocenters. The zero-order valence-corrected chi connectivity index (χ0v) is 11.4. The zero-order chi connectivity index (χ0) is 13.0. The van der Waals surface area contributed by atoms with Gasteiger partial charge in [0.05, 0.1) is 5.69 Å². The molecule has 0 unspecified atom stereocenters. The first-order chi connectivity index (χ1) is 8.69. The third kappa shape index (κ3) is 3.42. The summed E-state index contributed by atoms with van der Waals surface area (Å²) in [7, 11) is 0. The average molecular weight is 249 g/mol. The molecular weight excluding hydrogens is 226 g/mol. The summed E-state index contributed by atoms with van der Waals surface area (Å²) in [5.41, 5.74) is 2.07. The van der Waals surface area contributed by atoms with Crippen molar-refractivity contribution in [1.82, 2.24) is 15.1 Å². The van der Waals surface area contributed by atoms with Gasteiger partial charge in [0.25, 0.3) is 0 Å². The summed E-state index contributed by atoms with van der Waals surface area (Å²) in [5.74, 6) is 0.939. The van der Waals surface area contributed by atoms with Crippen LogP contribution < -0.4 is 5.32 Å². The molecule has 1 aromatic rings. The van der Waals surface area contributed by atoms with Crippen LogP contribution in [0.1, 0.15) is 37.6 Å². The van der Waals surface area contributed by atoms with Crippen molar-refractivity contribution in [1.29, 1.82) is 0 Å². The summed E-state index contributed by atoms with van der Waals surface area (Å²) >= 11 is 0. The number of Topliss-reactive ketones (excluding diaryl/α,β-unsaturated/α-hetero) is 1. The van der Waals surface area contributed by atoms with Gasteiger partial charge >= 0.3 is 0 Å². The maximum Gasteiger partial charge on any atom is 0.139 e. The van der Waals surface area contributed by atoms with E-state index < -0.39 is 0 Å². The van der Waals surface area contributed by atoms with Crippen molar-refractivity contribution < 1.29 is 4.79 Å². The molecule has 1 fully saturated rings. The minimum atomic E-state index is 0.358. The summed E-state index contributed by atoms with van der Waals surface area (Å²) in [6.07, 6.45) is 3.55. The van der Waals surface area contributed by atoms with E-state index in [1.807, 2.05) is 17.7 Å². The monoisotopic (exact) mass is 249 g/mol. The van der Waals surface area contributed by atoms with Crippen LogP contribution in [0.25, 0.3) is 0 Å². The molecule has 1 aliphatic heterocycles. The van der Waals surface area contributed by atoms with Crippen molar-refractivity contribution in [3.8, 4) is 0 Å². The van der Waals surface area contributed by atoms with Gasteiger partial charge in [0.1, 0.15) is 5.78 Å². The molecule has 2 rings (SSSR count). The second-order valence-corrected chi connectivity index (χ2v) is 5.21. The number of ketones is 1. The van der Waals surface area contributed by atoms with Crippen LogP contribution in [0.15, 0.2) is 6.07 Å². The number of carbonyl (C=O) groups is 1. The normalized spacial score (nSPS) is 17.0.